The highest BCUT2D eigenvalue weighted by Crippen LogP contribution is 2.37. The summed E-state index contributed by atoms with van der Waals surface area (Å²) in [5, 5.41) is 3.83. The van der Waals surface area contributed by atoms with Crippen LogP contribution in [0.15, 0.2) is 0 Å². The molecule has 0 radical (unpaired) electrons. The van der Waals surface area contributed by atoms with Gasteiger partial charge in [-0.15, -0.1) is 0 Å². The van der Waals surface area contributed by atoms with Crippen molar-refractivity contribution >= 4 is 0 Å². The van der Waals surface area contributed by atoms with Gasteiger partial charge in [0.25, 0.3) is 0 Å². The molecule has 0 aromatic heterocycles. The number of hydrogen-bond donors (Lipinski definition) is 1. The van der Waals surface area contributed by atoms with Crippen LogP contribution in [0.25, 0.3) is 0 Å². The summed E-state index contributed by atoms with van der Waals surface area (Å²) >= 11 is 0. The summed E-state index contributed by atoms with van der Waals surface area (Å²) in [6.07, 6.45) is 5.23. The lowest BCUT2D eigenvalue weighted by molar-refractivity contribution is 0.0303. The van der Waals surface area contributed by atoms with Gasteiger partial charge in [-0.25, -0.2) is 0 Å². The van der Waals surface area contributed by atoms with Crippen molar-refractivity contribution < 1.29 is 4.74 Å². The van der Waals surface area contributed by atoms with Crippen LogP contribution in [0.2, 0.25) is 0 Å². The zero-order chi connectivity index (χ0) is 15.0. The van der Waals surface area contributed by atoms with Crippen LogP contribution in [-0.4, -0.2) is 49.8 Å². The fourth-order valence-corrected chi connectivity index (χ4v) is 3.60. The van der Waals surface area contributed by atoms with E-state index in [1.807, 2.05) is 0 Å². The molecule has 1 aliphatic carbocycles. The molecule has 0 bridgehead atoms. The molecular weight excluding hydrogens is 248 g/mol. The maximum Gasteiger partial charge on any atom is 0.0593 e. The number of likely N-dealkylation sites (N-methyl/N-ethyl adjacent to an activating group) is 1. The molecule has 20 heavy (non-hydrogen) atoms. The second-order valence-corrected chi connectivity index (χ2v) is 6.71. The van der Waals surface area contributed by atoms with Crippen LogP contribution in [0.3, 0.4) is 0 Å². The first-order valence-corrected chi connectivity index (χ1v) is 8.62. The molecule has 1 aliphatic rings. The van der Waals surface area contributed by atoms with Crippen molar-refractivity contribution in [1.29, 1.82) is 0 Å². The van der Waals surface area contributed by atoms with E-state index in [0.29, 0.717) is 17.5 Å². The molecule has 120 valence electrons. The average molecular weight is 284 g/mol. The molecule has 0 aromatic rings. The summed E-state index contributed by atoms with van der Waals surface area (Å²) < 4.78 is 5.56. The molecule has 3 nitrogen and oxygen atoms in total. The Morgan fingerprint density at radius 3 is 2.60 bits per heavy atom. The summed E-state index contributed by atoms with van der Waals surface area (Å²) in [5.41, 5.74) is 0.400. The Hall–Kier alpha value is -0.120. The molecule has 1 saturated carbocycles. The Balaban J connectivity index is 2.69. The molecule has 0 aromatic carbocycles. The van der Waals surface area contributed by atoms with Crippen LogP contribution in [-0.2, 0) is 4.74 Å². The second kappa shape index (κ2) is 9.01. The number of nitrogens with one attached hydrogen (secondary N) is 1. The lowest BCUT2D eigenvalue weighted by Crippen LogP contribution is -2.59. The van der Waals surface area contributed by atoms with Crippen molar-refractivity contribution in [1.82, 2.24) is 10.2 Å². The van der Waals surface area contributed by atoms with Crippen LogP contribution >= 0.6 is 0 Å². The van der Waals surface area contributed by atoms with Gasteiger partial charge in [-0.3, -0.25) is 4.90 Å². The first-order valence-electron chi connectivity index (χ1n) is 8.62. The molecular formula is C17H36N2O. The largest absolute Gasteiger partial charge is 0.380 e. The summed E-state index contributed by atoms with van der Waals surface area (Å²) in [6, 6.07) is 1.27. The van der Waals surface area contributed by atoms with Crippen LogP contribution in [0.4, 0.5) is 0 Å². The molecule has 3 heteroatoms. The predicted octanol–water partition coefficient (Wildman–Crippen LogP) is 3.29. The van der Waals surface area contributed by atoms with Crippen molar-refractivity contribution in [2.45, 2.75) is 72.4 Å². The van der Waals surface area contributed by atoms with Crippen molar-refractivity contribution in [3.8, 4) is 0 Å². The van der Waals surface area contributed by atoms with Gasteiger partial charge in [0.2, 0.25) is 0 Å². The molecule has 0 spiro atoms. The molecule has 1 rings (SSSR count). The van der Waals surface area contributed by atoms with Gasteiger partial charge in [0.1, 0.15) is 0 Å². The zero-order valence-corrected chi connectivity index (χ0v) is 14.4. The normalized spacial score (nSPS) is 26.1. The standard InChI is InChI=1S/C17H36N2O/c1-6-12-18-16-15(10-9-11-17(16,4)5)19(7-2)13-14-20-8-3/h15-16,18H,6-14H2,1-5H3. The average Bonchev–Trinajstić information content (AvgIpc) is 2.42. The van der Waals surface area contributed by atoms with Crippen LogP contribution < -0.4 is 5.32 Å². The van der Waals surface area contributed by atoms with E-state index in [1.165, 1.54) is 25.7 Å². The topological polar surface area (TPSA) is 24.5 Å². The minimum absolute atomic E-state index is 0.400. The van der Waals surface area contributed by atoms with Crippen molar-refractivity contribution in [3.63, 3.8) is 0 Å². The maximum atomic E-state index is 5.56. The number of ether oxygens (including phenoxy) is 1. The predicted molar refractivity (Wildman–Crippen MR) is 87.2 cm³/mol. The van der Waals surface area contributed by atoms with Gasteiger partial charge in [0.05, 0.1) is 6.61 Å². The van der Waals surface area contributed by atoms with E-state index in [9.17, 15) is 0 Å². The lowest BCUT2D eigenvalue weighted by Gasteiger charge is -2.48. The Morgan fingerprint density at radius 1 is 1.25 bits per heavy atom. The van der Waals surface area contributed by atoms with Gasteiger partial charge in [0.15, 0.2) is 0 Å². The Bertz CT molecular complexity index is 255. The highest BCUT2D eigenvalue weighted by Gasteiger charge is 2.40. The van der Waals surface area contributed by atoms with Crippen LogP contribution in [0, 0.1) is 5.41 Å². The van der Waals surface area contributed by atoms with E-state index in [-0.39, 0.29) is 0 Å². The quantitative estimate of drug-likeness (QED) is 0.658. The highest BCUT2D eigenvalue weighted by molar-refractivity contribution is 4.98. The molecule has 0 saturated heterocycles. The fourth-order valence-electron chi connectivity index (χ4n) is 3.60. The third-order valence-corrected chi connectivity index (χ3v) is 4.76. The molecule has 0 aliphatic heterocycles. The van der Waals surface area contributed by atoms with Gasteiger partial charge in [-0.05, 0) is 44.7 Å². The molecule has 1 fully saturated rings. The Kier molecular flexibility index (Phi) is 8.08. The van der Waals surface area contributed by atoms with E-state index >= 15 is 0 Å². The number of nitrogens with zero attached hydrogens (tertiary/aromatic N) is 1. The Labute approximate surface area is 126 Å². The van der Waals surface area contributed by atoms with Gasteiger partial charge >= 0.3 is 0 Å². The SMILES string of the molecule is CCCNC1C(N(CC)CCOCC)CCCC1(C)C. The monoisotopic (exact) mass is 284 g/mol. The zero-order valence-electron chi connectivity index (χ0n) is 14.4. The van der Waals surface area contributed by atoms with E-state index in [1.54, 1.807) is 0 Å². The molecule has 0 amide bonds. The van der Waals surface area contributed by atoms with Crippen LogP contribution in [0.1, 0.15) is 60.3 Å². The van der Waals surface area contributed by atoms with E-state index in [0.717, 1.165) is 32.8 Å². The third-order valence-electron chi connectivity index (χ3n) is 4.76. The highest BCUT2D eigenvalue weighted by atomic mass is 16.5. The third kappa shape index (κ3) is 5.01. The van der Waals surface area contributed by atoms with Gasteiger partial charge < -0.3 is 10.1 Å². The number of rotatable bonds is 9. The minimum atomic E-state index is 0.400. The first-order chi connectivity index (χ1) is 9.56. The summed E-state index contributed by atoms with van der Waals surface area (Å²) in [5.74, 6) is 0. The van der Waals surface area contributed by atoms with Crippen molar-refractivity contribution in [2.24, 2.45) is 5.41 Å². The lowest BCUT2D eigenvalue weighted by atomic mass is 9.70. The van der Waals surface area contributed by atoms with Crippen molar-refractivity contribution in [2.75, 3.05) is 32.8 Å². The molecule has 2 unspecified atom stereocenters. The van der Waals surface area contributed by atoms with Crippen molar-refractivity contribution in [3.05, 3.63) is 0 Å². The van der Waals surface area contributed by atoms with E-state index in [4.69, 9.17) is 4.74 Å². The van der Waals surface area contributed by atoms with Crippen LogP contribution in [0.5, 0.6) is 0 Å². The second-order valence-electron chi connectivity index (χ2n) is 6.71. The Morgan fingerprint density at radius 2 is 2.00 bits per heavy atom. The van der Waals surface area contributed by atoms with E-state index in [2.05, 4.69) is 44.8 Å². The summed E-state index contributed by atoms with van der Waals surface area (Å²) in [6.45, 7) is 16.5. The number of hydrogen-bond acceptors (Lipinski definition) is 3. The summed E-state index contributed by atoms with van der Waals surface area (Å²) in [4.78, 5) is 2.63. The smallest absolute Gasteiger partial charge is 0.0593 e. The minimum Gasteiger partial charge on any atom is -0.380 e. The molecule has 2 atom stereocenters. The molecule has 1 N–H and O–H groups in total. The van der Waals surface area contributed by atoms with E-state index < -0.39 is 0 Å². The van der Waals surface area contributed by atoms with Gasteiger partial charge in [-0.1, -0.05) is 34.1 Å². The first kappa shape index (κ1) is 17.9. The van der Waals surface area contributed by atoms with Gasteiger partial charge in [-0.2, -0.15) is 0 Å². The van der Waals surface area contributed by atoms with Gasteiger partial charge in [0, 0.05) is 25.2 Å². The summed E-state index contributed by atoms with van der Waals surface area (Å²) in [7, 11) is 0. The maximum absolute atomic E-state index is 5.56. The molecule has 0 heterocycles. The fraction of sp³-hybridized carbons (Fsp3) is 1.00.